The van der Waals surface area contributed by atoms with Crippen molar-refractivity contribution in [1.29, 1.82) is 0 Å². The number of halogens is 5. The molecule has 2 N–H and O–H groups in total. The highest BCUT2D eigenvalue weighted by Crippen LogP contribution is 2.30. The standard InChI is InChI=1S/C22H22F5N5O/c1-29-18(11-8-13(23)17(25)14(24)9-11)12-5-7-31(10-15(12)28)22(33)20-19(21(26)27)30-16-4-2-3-6-32(16)20/h8-9,21H,2-7,10,28H2,1H3. The topological polar surface area (TPSA) is 76.5 Å². The lowest BCUT2D eigenvalue weighted by Gasteiger charge is -2.30. The Balaban J connectivity index is 1.64. The van der Waals surface area contributed by atoms with Gasteiger partial charge in [-0.05, 0) is 31.4 Å². The number of fused-ring (bicyclic) bond motifs is 1. The molecule has 1 amide bonds. The molecule has 11 heteroatoms. The predicted octanol–water partition coefficient (Wildman–Crippen LogP) is 3.75. The zero-order valence-corrected chi connectivity index (χ0v) is 17.8. The van der Waals surface area contributed by atoms with Gasteiger partial charge in [0, 0.05) is 43.4 Å². The number of amides is 1. The molecule has 2 aliphatic rings. The van der Waals surface area contributed by atoms with Gasteiger partial charge in [0.15, 0.2) is 17.5 Å². The van der Waals surface area contributed by atoms with Crippen LogP contribution in [0.4, 0.5) is 22.0 Å². The van der Waals surface area contributed by atoms with Crippen LogP contribution < -0.4 is 5.73 Å². The third-order valence-corrected chi connectivity index (χ3v) is 5.95. The first-order valence-electron chi connectivity index (χ1n) is 10.5. The maximum atomic E-state index is 13.7. The van der Waals surface area contributed by atoms with Crippen molar-refractivity contribution in [3.05, 3.63) is 63.6 Å². The van der Waals surface area contributed by atoms with Crippen LogP contribution in [0.2, 0.25) is 0 Å². The minimum absolute atomic E-state index is 0.0106. The second-order valence-electron chi connectivity index (χ2n) is 7.98. The van der Waals surface area contributed by atoms with Gasteiger partial charge in [0.25, 0.3) is 12.3 Å². The number of hydrogen-bond acceptors (Lipinski definition) is 4. The summed E-state index contributed by atoms with van der Waals surface area (Å²) >= 11 is 0. The molecule has 3 heterocycles. The highest BCUT2D eigenvalue weighted by atomic mass is 19.3. The lowest BCUT2D eigenvalue weighted by atomic mass is 9.94. The maximum Gasteiger partial charge on any atom is 0.282 e. The fourth-order valence-corrected chi connectivity index (χ4v) is 4.39. The van der Waals surface area contributed by atoms with Crippen molar-refractivity contribution in [2.24, 2.45) is 10.7 Å². The quantitative estimate of drug-likeness (QED) is 0.423. The van der Waals surface area contributed by atoms with Gasteiger partial charge in [-0.2, -0.15) is 0 Å². The number of nitrogens with zero attached hydrogens (tertiary/aromatic N) is 4. The van der Waals surface area contributed by atoms with Crippen LogP contribution in [0.5, 0.6) is 0 Å². The van der Waals surface area contributed by atoms with Crippen molar-refractivity contribution < 1.29 is 26.7 Å². The number of hydrogen-bond donors (Lipinski definition) is 1. The van der Waals surface area contributed by atoms with Crippen LogP contribution in [-0.4, -0.2) is 46.2 Å². The van der Waals surface area contributed by atoms with Crippen LogP contribution in [0.1, 0.15) is 53.3 Å². The molecule has 0 saturated carbocycles. The van der Waals surface area contributed by atoms with Crippen LogP contribution in [0.3, 0.4) is 0 Å². The third kappa shape index (κ3) is 4.11. The van der Waals surface area contributed by atoms with Gasteiger partial charge in [-0.3, -0.25) is 9.79 Å². The molecule has 0 spiro atoms. The molecule has 0 aliphatic carbocycles. The van der Waals surface area contributed by atoms with E-state index in [4.69, 9.17) is 5.73 Å². The summed E-state index contributed by atoms with van der Waals surface area (Å²) in [6, 6.07) is 1.65. The molecule has 0 unspecified atom stereocenters. The van der Waals surface area contributed by atoms with E-state index < -0.39 is 35.5 Å². The first kappa shape index (κ1) is 22.9. The predicted molar refractivity (Wildman–Crippen MR) is 111 cm³/mol. The Morgan fingerprint density at radius 1 is 1.12 bits per heavy atom. The molecular weight excluding hydrogens is 445 g/mol. The molecule has 0 saturated heterocycles. The number of alkyl halides is 2. The molecule has 0 radical (unpaired) electrons. The summed E-state index contributed by atoms with van der Waals surface area (Å²) in [6.45, 7) is 0.487. The number of rotatable bonds is 4. The molecule has 176 valence electrons. The Hall–Kier alpha value is -3.24. The second-order valence-corrected chi connectivity index (χ2v) is 7.98. The molecule has 0 atom stereocenters. The maximum absolute atomic E-state index is 13.7. The number of carbonyl (C=O) groups excluding carboxylic acids is 1. The number of nitrogens with two attached hydrogens (primary N) is 1. The number of aromatic nitrogens is 2. The van der Waals surface area contributed by atoms with E-state index in [-0.39, 0.29) is 42.2 Å². The Kier molecular flexibility index (Phi) is 6.22. The summed E-state index contributed by atoms with van der Waals surface area (Å²) in [5, 5.41) is 0. The molecule has 6 nitrogen and oxygen atoms in total. The molecule has 0 bridgehead atoms. The minimum atomic E-state index is -2.89. The summed E-state index contributed by atoms with van der Waals surface area (Å²) in [5.74, 6) is -4.43. The molecule has 4 rings (SSSR count). The van der Waals surface area contributed by atoms with Gasteiger partial charge in [-0.1, -0.05) is 0 Å². The van der Waals surface area contributed by atoms with Crippen LogP contribution >= 0.6 is 0 Å². The Bertz CT molecular complexity index is 1150. The molecule has 0 fully saturated rings. The van der Waals surface area contributed by atoms with Crippen molar-refractivity contribution in [3.8, 4) is 0 Å². The second kappa shape index (κ2) is 8.95. The van der Waals surface area contributed by atoms with E-state index in [1.54, 1.807) is 4.57 Å². The van der Waals surface area contributed by atoms with Gasteiger partial charge >= 0.3 is 0 Å². The number of benzene rings is 1. The Morgan fingerprint density at radius 3 is 2.42 bits per heavy atom. The van der Waals surface area contributed by atoms with Gasteiger partial charge < -0.3 is 15.2 Å². The van der Waals surface area contributed by atoms with E-state index in [1.165, 1.54) is 11.9 Å². The van der Waals surface area contributed by atoms with Crippen LogP contribution in [0.25, 0.3) is 0 Å². The number of imidazole rings is 1. The lowest BCUT2D eigenvalue weighted by molar-refractivity contribution is 0.0738. The molecule has 1 aromatic carbocycles. The highest BCUT2D eigenvalue weighted by Gasteiger charge is 2.34. The summed E-state index contributed by atoms with van der Waals surface area (Å²) in [7, 11) is 1.40. The van der Waals surface area contributed by atoms with E-state index >= 15 is 0 Å². The van der Waals surface area contributed by atoms with Gasteiger partial charge in [-0.25, -0.2) is 26.9 Å². The fraction of sp³-hybridized carbons (Fsp3) is 0.409. The van der Waals surface area contributed by atoms with E-state index in [1.807, 2.05) is 0 Å². The van der Waals surface area contributed by atoms with Crippen molar-refractivity contribution in [2.45, 2.75) is 38.7 Å². The lowest BCUT2D eigenvalue weighted by Crippen LogP contribution is -2.41. The highest BCUT2D eigenvalue weighted by molar-refractivity contribution is 6.13. The van der Waals surface area contributed by atoms with Gasteiger partial charge in [0.05, 0.1) is 12.3 Å². The Morgan fingerprint density at radius 2 is 1.82 bits per heavy atom. The van der Waals surface area contributed by atoms with Crippen molar-refractivity contribution in [2.75, 3.05) is 20.1 Å². The molecule has 2 aliphatic heterocycles. The average molecular weight is 467 g/mol. The van der Waals surface area contributed by atoms with Crippen molar-refractivity contribution in [1.82, 2.24) is 14.5 Å². The van der Waals surface area contributed by atoms with Crippen LogP contribution in [0, 0.1) is 17.5 Å². The first-order chi connectivity index (χ1) is 15.7. The van der Waals surface area contributed by atoms with E-state index in [2.05, 4.69) is 9.98 Å². The summed E-state index contributed by atoms with van der Waals surface area (Å²) in [6.07, 6.45) is -0.604. The minimum Gasteiger partial charge on any atom is -0.400 e. The van der Waals surface area contributed by atoms with Gasteiger partial charge in [-0.15, -0.1) is 0 Å². The van der Waals surface area contributed by atoms with E-state index in [0.29, 0.717) is 24.4 Å². The van der Waals surface area contributed by atoms with Gasteiger partial charge in [0.2, 0.25) is 0 Å². The van der Waals surface area contributed by atoms with E-state index in [9.17, 15) is 26.7 Å². The number of aryl methyl sites for hydroxylation is 1. The van der Waals surface area contributed by atoms with E-state index in [0.717, 1.165) is 25.0 Å². The molecule has 2 aromatic rings. The molecular formula is C22H22F5N5O. The van der Waals surface area contributed by atoms with Crippen molar-refractivity contribution in [3.63, 3.8) is 0 Å². The summed E-state index contributed by atoms with van der Waals surface area (Å²) < 4.78 is 69.6. The number of aliphatic imine (C=N–C) groups is 1. The SMILES string of the molecule is CN=C(C1=C(N)CN(C(=O)c2c(C(F)F)nc3n2CCCC3)CC1)c1cc(F)c(F)c(F)c1. The monoisotopic (exact) mass is 467 g/mol. The largest absolute Gasteiger partial charge is 0.400 e. The molecule has 33 heavy (non-hydrogen) atoms. The average Bonchev–Trinajstić information content (AvgIpc) is 3.18. The Labute approximate surface area is 186 Å². The zero-order valence-electron chi connectivity index (χ0n) is 17.8. The fourth-order valence-electron chi connectivity index (χ4n) is 4.39. The van der Waals surface area contributed by atoms with Crippen LogP contribution in [-0.2, 0) is 13.0 Å². The first-order valence-corrected chi connectivity index (χ1v) is 10.5. The summed E-state index contributed by atoms with van der Waals surface area (Å²) in [4.78, 5) is 22.7. The van der Waals surface area contributed by atoms with Gasteiger partial charge in [0.1, 0.15) is 17.2 Å². The number of carbonyl (C=O) groups is 1. The van der Waals surface area contributed by atoms with Crippen LogP contribution in [0.15, 0.2) is 28.4 Å². The molecule has 1 aromatic heterocycles. The third-order valence-electron chi connectivity index (χ3n) is 5.95. The zero-order chi connectivity index (χ0) is 23.9. The van der Waals surface area contributed by atoms with Crippen molar-refractivity contribution >= 4 is 11.6 Å². The summed E-state index contributed by atoms with van der Waals surface area (Å²) in [5.41, 5.74) is 6.38. The normalized spacial score (nSPS) is 17.1. The smallest absolute Gasteiger partial charge is 0.282 e.